The fraction of sp³-hybridized carbons (Fsp3) is 0.297. The van der Waals surface area contributed by atoms with Crippen molar-refractivity contribution in [1.29, 1.82) is 0 Å². The number of alkyl halides is 2. The second kappa shape index (κ2) is 12.0. The number of aromatic hydroxyl groups is 1. The van der Waals surface area contributed by atoms with Gasteiger partial charge in [-0.2, -0.15) is 0 Å². The molecule has 49 heavy (non-hydrogen) atoms. The topological polar surface area (TPSA) is 113 Å². The summed E-state index contributed by atoms with van der Waals surface area (Å²) in [7, 11) is 2.78. The molecule has 4 amide bonds. The van der Waals surface area contributed by atoms with Gasteiger partial charge in [0, 0.05) is 5.92 Å². The highest BCUT2D eigenvalue weighted by Gasteiger charge is 2.76. The van der Waals surface area contributed by atoms with Crippen molar-refractivity contribution in [2.24, 2.45) is 23.7 Å². The Hall–Kier alpha value is -4.67. The quantitative estimate of drug-likeness (QED) is 0.186. The number of benzene rings is 3. The van der Waals surface area contributed by atoms with E-state index in [0.717, 1.165) is 22.6 Å². The molecule has 2 aliphatic carbocycles. The van der Waals surface area contributed by atoms with Gasteiger partial charge in [0.05, 0.1) is 38.3 Å². The lowest BCUT2D eigenvalue weighted by Crippen LogP contribution is -2.60. The number of likely N-dealkylation sites (tertiary alicyclic amines) is 1. The van der Waals surface area contributed by atoms with Gasteiger partial charge in [-0.15, -0.1) is 23.2 Å². The molecule has 0 radical (unpaired) electrons. The third-order valence-corrected chi connectivity index (χ3v) is 11.6. The van der Waals surface area contributed by atoms with Crippen LogP contribution in [0, 0.1) is 29.5 Å². The van der Waals surface area contributed by atoms with Gasteiger partial charge in [-0.05, 0) is 66.3 Å². The molecule has 0 spiro atoms. The van der Waals surface area contributed by atoms with Gasteiger partial charge in [0.15, 0.2) is 21.2 Å². The Kier molecular flexibility index (Phi) is 8.07. The van der Waals surface area contributed by atoms with E-state index in [2.05, 4.69) is 0 Å². The number of phenols is 1. The number of amides is 4. The Balaban J connectivity index is 1.34. The number of carbonyl (C=O) groups excluding carboxylic acids is 4. The van der Waals surface area contributed by atoms with Crippen LogP contribution in [-0.2, 0) is 25.7 Å². The summed E-state index contributed by atoms with van der Waals surface area (Å²) in [5.41, 5.74) is 2.01. The number of nitrogens with zero attached hydrogens (tertiary/aromatic N) is 2. The highest BCUT2D eigenvalue weighted by molar-refractivity contribution is 6.58. The fourth-order valence-electron chi connectivity index (χ4n) is 7.85. The van der Waals surface area contributed by atoms with E-state index in [4.69, 9.17) is 32.7 Å². The Morgan fingerprint density at radius 1 is 0.918 bits per heavy atom. The SMILES string of the molecule is COc1cc(C=CC2C3=CCC4C(=O)N(Cc5ccccc5)C(=O)C4C3CC3(Cl)C(=O)N(c4ccc(F)cc4)C(=O)C23Cl)cc(OC)c1O. The maximum atomic E-state index is 14.4. The highest BCUT2D eigenvalue weighted by atomic mass is 35.5. The maximum absolute atomic E-state index is 14.4. The Morgan fingerprint density at radius 2 is 1.57 bits per heavy atom. The van der Waals surface area contributed by atoms with Crippen molar-refractivity contribution in [3.63, 3.8) is 0 Å². The van der Waals surface area contributed by atoms with Crippen LogP contribution in [0.3, 0.4) is 0 Å². The number of ether oxygens (including phenoxy) is 2. The van der Waals surface area contributed by atoms with E-state index in [1.807, 2.05) is 36.4 Å². The summed E-state index contributed by atoms with van der Waals surface area (Å²) < 4.78 is 24.5. The molecular formula is C37H31Cl2FN2O7. The highest BCUT2D eigenvalue weighted by Crippen LogP contribution is 2.63. The molecule has 1 N–H and O–H groups in total. The molecule has 1 saturated carbocycles. The van der Waals surface area contributed by atoms with Crippen LogP contribution < -0.4 is 14.4 Å². The number of hydrogen-bond donors (Lipinski definition) is 1. The minimum atomic E-state index is -2.06. The molecule has 0 bridgehead atoms. The number of anilines is 1. The van der Waals surface area contributed by atoms with Crippen molar-refractivity contribution in [3.8, 4) is 17.2 Å². The van der Waals surface area contributed by atoms with Crippen molar-refractivity contribution in [2.75, 3.05) is 19.1 Å². The minimum absolute atomic E-state index is 0.0950. The third-order valence-electron chi connectivity index (χ3n) is 10.2. The lowest BCUT2D eigenvalue weighted by atomic mass is 9.57. The standard InChI is InChI=1S/C37H31Cl2FN2O7/c1-48-28-16-21(17-29(49-2)31(28)43)8-15-27-24-13-14-25-30(33(45)41(32(25)44)19-20-6-4-3-5-7-20)26(24)18-36(38)34(46)42(35(47)37(27,36)39)23-11-9-22(40)10-12-23/h3-13,15-17,25-27,30,43H,14,18-19H2,1-2H3. The average Bonchev–Trinajstić information content (AvgIpc) is 3.43. The first-order valence-electron chi connectivity index (χ1n) is 15.7. The van der Waals surface area contributed by atoms with Gasteiger partial charge in [-0.25, -0.2) is 9.29 Å². The number of methoxy groups -OCH3 is 2. The summed E-state index contributed by atoms with van der Waals surface area (Å²) in [5, 5.41) is 10.5. The van der Waals surface area contributed by atoms with Gasteiger partial charge >= 0.3 is 0 Å². The van der Waals surface area contributed by atoms with E-state index in [0.29, 0.717) is 11.1 Å². The summed E-state index contributed by atoms with van der Waals surface area (Å²) >= 11 is 14.7. The summed E-state index contributed by atoms with van der Waals surface area (Å²) in [4.78, 5) is 54.7. The van der Waals surface area contributed by atoms with Crippen molar-refractivity contribution in [2.45, 2.75) is 29.1 Å². The number of hydrogen-bond acceptors (Lipinski definition) is 7. The van der Waals surface area contributed by atoms with Crippen molar-refractivity contribution in [1.82, 2.24) is 4.90 Å². The number of carbonyl (C=O) groups is 4. The van der Waals surface area contributed by atoms with Crippen LogP contribution in [0.25, 0.3) is 6.08 Å². The predicted octanol–water partition coefficient (Wildman–Crippen LogP) is 5.86. The summed E-state index contributed by atoms with van der Waals surface area (Å²) in [6.07, 6.45) is 5.18. The van der Waals surface area contributed by atoms with Crippen LogP contribution in [0.15, 0.2) is 84.5 Å². The number of halogens is 3. The number of fused-ring (bicyclic) bond motifs is 4. The molecule has 7 rings (SSSR count). The first kappa shape index (κ1) is 32.9. The lowest BCUT2D eigenvalue weighted by molar-refractivity contribution is -0.141. The smallest absolute Gasteiger partial charge is 0.258 e. The number of allylic oxidation sites excluding steroid dienone is 3. The van der Waals surface area contributed by atoms with Crippen LogP contribution in [0.1, 0.15) is 24.0 Å². The molecular weight excluding hydrogens is 674 g/mol. The van der Waals surface area contributed by atoms with Gasteiger partial charge in [0.25, 0.3) is 11.8 Å². The third kappa shape index (κ3) is 4.87. The number of phenolic OH excluding ortho intramolecular Hbond substituents is 1. The fourth-order valence-corrected chi connectivity index (χ4v) is 8.74. The normalized spacial score (nSPS) is 29.2. The molecule has 3 fully saturated rings. The Labute approximate surface area is 291 Å². The second-order valence-corrected chi connectivity index (χ2v) is 13.9. The van der Waals surface area contributed by atoms with Crippen LogP contribution >= 0.6 is 23.2 Å². The second-order valence-electron chi connectivity index (χ2n) is 12.7. The number of rotatable bonds is 7. The van der Waals surface area contributed by atoms with Gasteiger partial charge < -0.3 is 14.6 Å². The van der Waals surface area contributed by atoms with Gasteiger partial charge in [-0.1, -0.05) is 54.1 Å². The van der Waals surface area contributed by atoms with Crippen molar-refractivity contribution < 1.29 is 38.1 Å². The molecule has 2 saturated heterocycles. The molecule has 3 aromatic rings. The van der Waals surface area contributed by atoms with Gasteiger partial charge in [0.2, 0.25) is 17.6 Å². The molecule has 2 aliphatic heterocycles. The Morgan fingerprint density at radius 3 is 2.20 bits per heavy atom. The van der Waals surface area contributed by atoms with Crippen molar-refractivity contribution in [3.05, 3.63) is 101 Å². The zero-order valence-electron chi connectivity index (χ0n) is 26.4. The molecule has 3 aromatic carbocycles. The Bertz CT molecular complexity index is 1930. The molecule has 4 aliphatic rings. The zero-order valence-corrected chi connectivity index (χ0v) is 28.0. The van der Waals surface area contributed by atoms with E-state index in [1.165, 1.54) is 31.3 Å². The largest absolute Gasteiger partial charge is 0.502 e. The van der Waals surface area contributed by atoms with E-state index >= 15 is 0 Å². The summed E-state index contributed by atoms with van der Waals surface area (Å²) in [5.74, 6) is -6.01. The van der Waals surface area contributed by atoms with Crippen LogP contribution in [0.2, 0.25) is 0 Å². The minimum Gasteiger partial charge on any atom is -0.502 e. The van der Waals surface area contributed by atoms with Crippen molar-refractivity contribution >= 4 is 58.6 Å². The predicted molar refractivity (Wildman–Crippen MR) is 180 cm³/mol. The first-order chi connectivity index (χ1) is 23.4. The summed E-state index contributed by atoms with van der Waals surface area (Å²) in [6, 6.07) is 17.1. The van der Waals surface area contributed by atoms with E-state index in [-0.39, 0.29) is 54.1 Å². The van der Waals surface area contributed by atoms with Crippen LogP contribution in [-0.4, -0.2) is 57.6 Å². The summed E-state index contributed by atoms with van der Waals surface area (Å²) in [6.45, 7) is 0.0998. The monoisotopic (exact) mass is 704 g/mol. The first-order valence-corrected chi connectivity index (χ1v) is 16.4. The molecule has 252 valence electrons. The molecule has 12 heteroatoms. The maximum Gasteiger partial charge on any atom is 0.258 e. The lowest BCUT2D eigenvalue weighted by Gasteiger charge is -2.49. The zero-order chi connectivity index (χ0) is 34.8. The van der Waals surface area contributed by atoms with Gasteiger partial charge in [0.1, 0.15) is 5.82 Å². The molecule has 2 heterocycles. The van der Waals surface area contributed by atoms with E-state index in [9.17, 15) is 28.7 Å². The van der Waals surface area contributed by atoms with Crippen LogP contribution in [0.4, 0.5) is 10.1 Å². The molecule has 9 nitrogen and oxygen atoms in total. The van der Waals surface area contributed by atoms with E-state index < -0.39 is 51.1 Å². The number of imide groups is 2. The van der Waals surface area contributed by atoms with E-state index in [1.54, 1.807) is 24.3 Å². The van der Waals surface area contributed by atoms with Gasteiger partial charge in [-0.3, -0.25) is 24.1 Å². The molecule has 6 atom stereocenters. The molecule has 6 unspecified atom stereocenters. The average molecular weight is 706 g/mol. The molecule has 0 aromatic heterocycles. The van der Waals surface area contributed by atoms with Crippen LogP contribution in [0.5, 0.6) is 17.2 Å².